The Bertz CT molecular complexity index is 758. The maximum absolute atomic E-state index is 12.0. The van der Waals surface area contributed by atoms with Crippen molar-refractivity contribution in [3.63, 3.8) is 0 Å². The second-order valence-corrected chi connectivity index (χ2v) is 5.40. The fourth-order valence-electron chi connectivity index (χ4n) is 1.99. The molecule has 6 nitrogen and oxygen atoms in total. The van der Waals surface area contributed by atoms with Crippen LogP contribution < -0.4 is 14.8 Å². The van der Waals surface area contributed by atoms with Gasteiger partial charge in [-0.15, -0.1) is 0 Å². The Balaban J connectivity index is 2.10. The van der Waals surface area contributed by atoms with E-state index in [2.05, 4.69) is 5.32 Å². The number of hydrogen-bond donors (Lipinski definition) is 2. The molecule has 0 saturated carbocycles. The molecule has 2 N–H and O–H groups in total. The van der Waals surface area contributed by atoms with Gasteiger partial charge in [0.1, 0.15) is 5.75 Å². The lowest BCUT2D eigenvalue weighted by molar-refractivity contribution is -0.118. The highest BCUT2D eigenvalue weighted by Crippen LogP contribution is 2.34. The van der Waals surface area contributed by atoms with E-state index in [0.29, 0.717) is 5.75 Å². The van der Waals surface area contributed by atoms with Crippen LogP contribution in [0.1, 0.15) is 15.9 Å². The van der Waals surface area contributed by atoms with Crippen molar-refractivity contribution in [3.8, 4) is 11.5 Å². The maximum Gasteiger partial charge on any atom is 0.335 e. The zero-order chi connectivity index (χ0) is 17.7. The highest BCUT2D eigenvalue weighted by atomic mass is 35.5. The summed E-state index contributed by atoms with van der Waals surface area (Å²) in [6.45, 7) is 1.71. The van der Waals surface area contributed by atoms with Gasteiger partial charge in [-0.2, -0.15) is 0 Å². The van der Waals surface area contributed by atoms with Crippen LogP contribution in [0.5, 0.6) is 11.5 Å². The third-order valence-electron chi connectivity index (χ3n) is 3.16. The van der Waals surface area contributed by atoms with Crippen LogP contribution in [0.3, 0.4) is 0 Å². The molecule has 2 aromatic rings. The number of aromatic carboxylic acids is 1. The number of nitrogens with one attached hydrogen (secondary N) is 1. The van der Waals surface area contributed by atoms with Gasteiger partial charge in [0.2, 0.25) is 0 Å². The molecule has 0 aliphatic heterocycles. The Morgan fingerprint density at radius 1 is 1.21 bits per heavy atom. The van der Waals surface area contributed by atoms with Crippen LogP contribution in [0.25, 0.3) is 0 Å². The number of halogens is 1. The summed E-state index contributed by atoms with van der Waals surface area (Å²) in [5.41, 5.74) is 1.19. The standard InChI is InChI=1S/C17H16ClNO5/c1-10-3-5-12(6-4-10)24-9-15(20)19-14-8-11(17(21)22)7-13(18)16(14)23-2/h3-8H,9H2,1-2H3,(H,19,20)(H,21,22). The Kier molecular flexibility index (Phi) is 5.65. The fourth-order valence-corrected chi connectivity index (χ4v) is 2.28. The number of carbonyl (C=O) groups excluding carboxylic acids is 1. The average molecular weight is 350 g/mol. The number of hydrogen-bond acceptors (Lipinski definition) is 4. The first kappa shape index (κ1) is 17.6. The quantitative estimate of drug-likeness (QED) is 0.835. The van der Waals surface area contributed by atoms with Gasteiger partial charge in [-0.3, -0.25) is 4.79 Å². The van der Waals surface area contributed by atoms with E-state index in [1.54, 1.807) is 12.1 Å². The molecule has 0 spiro atoms. The van der Waals surface area contributed by atoms with Crippen LogP contribution in [-0.2, 0) is 4.79 Å². The number of aryl methyl sites for hydroxylation is 1. The van der Waals surface area contributed by atoms with E-state index >= 15 is 0 Å². The molecular formula is C17H16ClNO5. The third-order valence-corrected chi connectivity index (χ3v) is 3.44. The van der Waals surface area contributed by atoms with Gasteiger partial charge in [0, 0.05) is 0 Å². The molecule has 0 bridgehead atoms. The molecule has 1 amide bonds. The number of carboxylic acid groups (broad SMARTS) is 1. The number of ether oxygens (including phenoxy) is 2. The normalized spacial score (nSPS) is 10.1. The van der Waals surface area contributed by atoms with E-state index in [0.717, 1.165) is 5.56 Å². The van der Waals surface area contributed by atoms with Gasteiger partial charge in [0.25, 0.3) is 5.91 Å². The van der Waals surface area contributed by atoms with Crippen molar-refractivity contribution in [2.45, 2.75) is 6.92 Å². The van der Waals surface area contributed by atoms with Gasteiger partial charge in [0.15, 0.2) is 12.4 Å². The molecule has 0 unspecified atom stereocenters. The lowest BCUT2D eigenvalue weighted by Gasteiger charge is -2.13. The number of carboxylic acids is 1. The van der Waals surface area contributed by atoms with E-state index in [-0.39, 0.29) is 28.6 Å². The minimum Gasteiger partial charge on any atom is -0.493 e. The van der Waals surface area contributed by atoms with Crippen molar-refractivity contribution in [1.29, 1.82) is 0 Å². The summed E-state index contributed by atoms with van der Waals surface area (Å²) in [6, 6.07) is 9.77. The minimum absolute atomic E-state index is 0.0597. The number of carbonyl (C=O) groups is 2. The number of anilines is 1. The monoisotopic (exact) mass is 349 g/mol. The molecular weight excluding hydrogens is 334 g/mol. The topological polar surface area (TPSA) is 84.9 Å². The van der Waals surface area contributed by atoms with Crippen LogP contribution >= 0.6 is 11.6 Å². The number of methoxy groups -OCH3 is 1. The summed E-state index contributed by atoms with van der Waals surface area (Å²) >= 11 is 5.98. The van der Waals surface area contributed by atoms with E-state index in [1.165, 1.54) is 19.2 Å². The molecule has 0 aromatic heterocycles. The number of amides is 1. The smallest absolute Gasteiger partial charge is 0.335 e. The van der Waals surface area contributed by atoms with Crippen LogP contribution in [0.4, 0.5) is 5.69 Å². The molecule has 0 saturated heterocycles. The zero-order valence-corrected chi connectivity index (χ0v) is 13.9. The Labute approximate surface area is 144 Å². The van der Waals surface area contributed by atoms with Crippen LogP contribution in [-0.4, -0.2) is 30.7 Å². The largest absolute Gasteiger partial charge is 0.493 e. The number of benzene rings is 2. The molecule has 2 rings (SSSR count). The summed E-state index contributed by atoms with van der Waals surface area (Å²) in [6.07, 6.45) is 0. The predicted octanol–water partition coefficient (Wildman–Crippen LogP) is 3.37. The number of rotatable bonds is 6. The van der Waals surface area contributed by atoms with Gasteiger partial charge in [0.05, 0.1) is 23.4 Å². The Morgan fingerprint density at radius 2 is 1.88 bits per heavy atom. The summed E-state index contributed by atoms with van der Waals surface area (Å²) in [5, 5.41) is 11.7. The van der Waals surface area contributed by atoms with Crippen molar-refractivity contribution in [2.75, 3.05) is 19.0 Å². The molecule has 0 fully saturated rings. The van der Waals surface area contributed by atoms with Gasteiger partial charge in [-0.1, -0.05) is 29.3 Å². The molecule has 0 heterocycles. The second kappa shape index (κ2) is 7.70. The summed E-state index contributed by atoms with van der Waals surface area (Å²) in [4.78, 5) is 23.1. The summed E-state index contributed by atoms with van der Waals surface area (Å²) < 4.78 is 10.5. The van der Waals surface area contributed by atoms with Crippen molar-refractivity contribution >= 4 is 29.2 Å². The average Bonchev–Trinajstić information content (AvgIpc) is 2.54. The second-order valence-electron chi connectivity index (χ2n) is 4.99. The molecule has 0 atom stereocenters. The van der Waals surface area contributed by atoms with E-state index in [4.69, 9.17) is 26.2 Å². The lowest BCUT2D eigenvalue weighted by Crippen LogP contribution is -2.21. The minimum atomic E-state index is -1.16. The van der Waals surface area contributed by atoms with Crippen LogP contribution in [0.2, 0.25) is 5.02 Å². The molecule has 0 aliphatic rings. The SMILES string of the molecule is COc1c(Cl)cc(C(=O)O)cc1NC(=O)COc1ccc(C)cc1. The highest BCUT2D eigenvalue weighted by molar-refractivity contribution is 6.33. The molecule has 0 aliphatic carbocycles. The van der Waals surface area contributed by atoms with Crippen molar-refractivity contribution in [1.82, 2.24) is 0 Å². The van der Waals surface area contributed by atoms with Crippen molar-refractivity contribution in [3.05, 3.63) is 52.5 Å². The Hall–Kier alpha value is -2.73. The third kappa shape index (κ3) is 4.39. The first-order valence-electron chi connectivity index (χ1n) is 7.01. The van der Waals surface area contributed by atoms with E-state index in [9.17, 15) is 9.59 Å². The molecule has 7 heteroatoms. The van der Waals surface area contributed by atoms with Crippen molar-refractivity contribution in [2.24, 2.45) is 0 Å². The van der Waals surface area contributed by atoms with Gasteiger partial charge >= 0.3 is 5.97 Å². The molecule has 126 valence electrons. The van der Waals surface area contributed by atoms with E-state index in [1.807, 2.05) is 19.1 Å². The van der Waals surface area contributed by atoms with Crippen molar-refractivity contribution < 1.29 is 24.2 Å². The van der Waals surface area contributed by atoms with Gasteiger partial charge in [-0.05, 0) is 31.2 Å². The highest BCUT2D eigenvalue weighted by Gasteiger charge is 2.16. The molecule has 0 radical (unpaired) electrons. The zero-order valence-electron chi connectivity index (χ0n) is 13.1. The fraction of sp³-hybridized carbons (Fsp3) is 0.176. The maximum atomic E-state index is 12.0. The molecule has 24 heavy (non-hydrogen) atoms. The van der Waals surface area contributed by atoms with E-state index < -0.39 is 11.9 Å². The lowest BCUT2D eigenvalue weighted by atomic mass is 10.2. The van der Waals surface area contributed by atoms with Gasteiger partial charge < -0.3 is 19.9 Å². The summed E-state index contributed by atoms with van der Waals surface area (Å²) in [7, 11) is 1.38. The summed E-state index contributed by atoms with van der Waals surface area (Å²) in [5.74, 6) is -0.885. The van der Waals surface area contributed by atoms with Crippen LogP contribution in [0, 0.1) is 6.92 Å². The molecule has 2 aromatic carbocycles. The first-order valence-corrected chi connectivity index (χ1v) is 7.38. The first-order chi connectivity index (χ1) is 11.4. The van der Waals surface area contributed by atoms with Gasteiger partial charge in [-0.25, -0.2) is 4.79 Å². The van der Waals surface area contributed by atoms with Crippen LogP contribution in [0.15, 0.2) is 36.4 Å². The predicted molar refractivity (Wildman–Crippen MR) is 90.3 cm³/mol. The Morgan fingerprint density at radius 3 is 2.46 bits per heavy atom.